The quantitative estimate of drug-likeness (QED) is 0.599. The molecule has 6 heteroatoms. The van der Waals surface area contributed by atoms with Crippen molar-refractivity contribution in [3.05, 3.63) is 30.5 Å². The van der Waals surface area contributed by atoms with Crippen molar-refractivity contribution in [3.63, 3.8) is 0 Å². The predicted molar refractivity (Wildman–Crippen MR) is 57.2 cm³/mol. The van der Waals surface area contributed by atoms with Gasteiger partial charge in [-0.25, -0.2) is 4.68 Å². The number of benzene rings is 1. The highest BCUT2D eigenvalue weighted by Gasteiger charge is 2.00. The molecule has 1 aromatic heterocycles. The Kier molecular flexibility index (Phi) is 2.55. The molecule has 2 rings (SSSR count). The molecule has 0 aliphatic rings. The molecule has 0 atom stereocenters. The third-order valence-corrected chi connectivity index (χ3v) is 2.02. The molecule has 0 spiro atoms. The molecule has 0 aliphatic carbocycles. The van der Waals surface area contributed by atoms with E-state index in [1.165, 1.54) is 12.1 Å². The van der Waals surface area contributed by atoms with Crippen molar-refractivity contribution in [2.45, 2.75) is 0 Å². The standard InChI is InChI=1S/C10H10N4O2/c1-14-10(4-5-11-14)13-12-7-2-3-8(15)9(16)6-7/h2-6,15-16H,1H3/b13-12+. The van der Waals surface area contributed by atoms with Gasteiger partial charge in [-0.3, -0.25) is 0 Å². The molecule has 0 radical (unpaired) electrons. The van der Waals surface area contributed by atoms with E-state index >= 15 is 0 Å². The molecule has 1 aromatic carbocycles. The van der Waals surface area contributed by atoms with Gasteiger partial charge in [-0.15, -0.1) is 10.2 Å². The lowest BCUT2D eigenvalue weighted by Gasteiger charge is -1.97. The summed E-state index contributed by atoms with van der Waals surface area (Å²) in [5, 5.41) is 30.1. The minimum atomic E-state index is -0.221. The average molecular weight is 218 g/mol. The topological polar surface area (TPSA) is 83.0 Å². The number of phenolic OH excluding ortho intramolecular Hbond substituents is 2. The molecular formula is C10H10N4O2. The van der Waals surface area contributed by atoms with Crippen molar-refractivity contribution in [3.8, 4) is 11.5 Å². The number of phenols is 2. The number of aromatic hydroxyl groups is 2. The summed E-state index contributed by atoms with van der Waals surface area (Å²) in [6, 6.07) is 5.95. The van der Waals surface area contributed by atoms with Crippen LogP contribution in [-0.4, -0.2) is 20.0 Å². The summed E-state index contributed by atoms with van der Waals surface area (Å²) in [5.41, 5.74) is 0.455. The first kappa shape index (κ1) is 10.2. The van der Waals surface area contributed by atoms with E-state index in [1.54, 1.807) is 30.1 Å². The minimum absolute atomic E-state index is 0.181. The van der Waals surface area contributed by atoms with Crippen LogP contribution in [0, 0.1) is 0 Å². The molecule has 0 amide bonds. The molecule has 6 nitrogen and oxygen atoms in total. The van der Waals surface area contributed by atoms with Crippen molar-refractivity contribution in [2.24, 2.45) is 17.3 Å². The summed E-state index contributed by atoms with van der Waals surface area (Å²) in [5.74, 6) is 0.202. The second-order valence-corrected chi connectivity index (χ2v) is 3.19. The normalized spacial score (nSPS) is 11.1. The van der Waals surface area contributed by atoms with E-state index in [9.17, 15) is 5.11 Å². The second kappa shape index (κ2) is 4.01. The van der Waals surface area contributed by atoms with Crippen LogP contribution >= 0.6 is 0 Å². The largest absolute Gasteiger partial charge is 0.504 e. The van der Waals surface area contributed by atoms with Gasteiger partial charge in [-0.2, -0.15) is 5.10 Å². The van der Waals surface area contributed by atoms with Gasteiger partial charge in [0.15, 0.2) is 17.3 Å². The van der Waals surface area contributed by atoms with Crippen molar-refractivity contribution in [2.75, 3.05) is 0 Å². The van der Waals surface area contributed by atoms with Gasteiger partial charge in [0, 0.05) is 19.2 Å². The molecule has 2 aromatic rings. The number of hydrogen-bond acceptors (Lipinski definition) is 5. The molecule has 0 fully saturated rings. The molecule has 82 valence electrons. The SMILES string of the molecule is Cn1nccc1/N=N/c1ccc(O)c(O)c1. The summed E-state index contributed by atoms with van der Waals surface area (Å²) in [6.07, 6.45) is 1.61. The van der Waals surface area contributed by atoms with Crippen LogP contribution in [-0.2, 0) is 7.05 Å². The Bertz CT molecular complexity index is 533. The summed E-state index contributed by atoms with van der Waals surface area (Å²) in [7, 11) is 1.75. The van der Waals surface area contributed by atoms with Gasteiger partial charge in [0.05, 0.1) is 11.9 Å². The molecule has 0 saturated heterocycles. The first-order valence-corrected chi connectivity index (χ1v) is 4.58. The van der Waals surface area contributed by atoms with Gasteiger partial charge in [0.1, 0.15) is 0 Å². The van der Waals surface area contributed by atoms with Crippen molar-refractivity contribution in [1.29, 1.82) is 0 Å². The third-order valence-electron chi connectivity index (χ3n) is 2.02. The van der Waals surface area contributed by atoms with Crippen molar-refractivity contribution in [1.82, 2.24) is 9.78 Å². The maximum Gasteiger partial charge on any atom is 0.172 e. The number of rotatable bonds is 2. The van der Waals surface area contributed by atoms with Gasteiger partial charge in [0.25, 0.3) is 0 Å². The van der Waals surface area contributed by atoms with Gasteiger partial charge < -0.3 is 10.2 Å². The summed E-state index contributed by atoms with van der Waals surface area (Å²) in [6.45, 7) is 0. The molecule has 0 unspecified atom stereocenters. The molecule has 0 bridgehead atoms. The first-order chi connectivity index (χ1) is 7.66. The Hall–Kier alpha value is -2.37. The maximum atomic E-state index is 9.24. The Labute approximate surface area is 91.5 Å². The van der Waals surface area contributed by atoms with Crippen LogP contribution in [0.4, 0.5) is 11.5 Å². The van der Waals surface area contributed by atoms with Gasteiger partial charge >= 0.3 is 0 Å². The summed E-state index contributed by atoms with van der Waals surface area (Å²) < 4.78 is 1.57. The van der Waals surface area contributed by atoms with E-state index < -0.39 is 0 Å². The van der Waals surface area contributed by atoms with E-state index in [0.29, 0.717) is 11.5 Å². The molecule has 2 N–H and O–H groups in total. The van der Waals surface area contributed by atoms with E-state index in [4.69, 9.17) is 5.11 Å². The van der Waals surface area contributed by atoms with Crippen LogP contribution in [0.3, 0.4) is 0 Å². The van der Waals surface area contributed by atoms with Gasteiger partial charge in [-0.05, 0) is 12.1 Å². The van der Waals surface area contributed by atoms with Crippen LogP contribution in [0.15, 0.2) is 40.7 Å². The highest BCUT2D eigenvalue weighted by atomic mass is 16.3. The third kappa shape index (κ3) is 2.00. The second-order valence-electron chi connectivity index (χ2n) is 3.19. The number of azo groups is 1. The zero-order chi connectivity index (χ0) is 11.5. The minimum Gasteiger partial charge on any atom is -0.504 e. The fourth-order valence-corrected chi connectivity index (χ4v) is 1.15. The van der Waals surface area contributed by atoms with E-state index in [-0.39, 0.29) is 11.5 Å². The smallest absolute Gasteiger partial charge is 0.172 e. The van der Waals surface area contributed by atoms with Crippen LogP contribution in [0.5, 0.6) is 11.5 Å². The maximum absolute atomic E-state index is 9.24. The van der Waals surface area contributed by atoms with E-state index in [0.717, 1.165) is 0 Å². The lowest BCUT2D eigenvalue weighted by molar-refractivity contribution is 0.404. The van der Waals surface area contributed by atoms with Crippen molar-refractivity contribution >= 4 is 11.5 Å². The number of aryl methyl sites for hydroxylation is 1. The Morgan fingerprint density at radius 3 is 2.56 bits per heavy atom. The van der Waals surface area contributed by atoms with Gasteiger partial charge in [0.2, 0.25) is 0 Å². The van der Waals surface area contributed by atoms with Crippen molar-refractivity contribution < 1.29 is 10.2 Å². The Morgan fingerprint density at radius 2 is 1.94 bits per heavy atom. The zero-order valence-corrected chi connectivity index (χ0v) is 8.57. The fourth-order valence-electron chi connectivity index (χ4n) is 1.15. The van der Waals surface area contributed by atoms with E-state index in [2.05, 4.69) is 15.3 Å². The lowest BCUT2D eigenvalue weighted by atomic mass is 10.3. The van der Waals surface area contributed by atoms with Crippen LogP contribution < -0.4 is 0 Å². The number of aromatic nitrogens is 2. The van der Waals surface area contributed by atoms with Gasteiger partial charge in [-0.1, -0.05) is 0 Å². The highest BCUT2D eigenvalue weighted by Crippen LogP contribution is 2.29. The average Bonchev–Trinajstić information content (AvgIpc) is 2.66. The monoisotopic (exact) mass is 218 g/mol. The summed E-state index contributed by atoms with van der Waals surface area (Å²) >= 11 is 0. The van der Waals surface area contributed by atoms with Crippen LogP contribution in [0.25, 0.3) is 0 Å². The van der Waals surface area contributed by atoms with Crippen LogP contribution in [0.2, 0.25) is 0 Å². The van der Waals surface area contributed by atoms with E-state index in [1.807, 2.05) is 0 Å². The molecule has 1 heterocycles. The molecule has 16 heavy (non-hydrogen) atoms. The Balaban J connectivity index is 2.24. The first-order valence-electron chi connectivity index (χ1n) is 4.58. The zero-order valence-electron chi connectivity index (χ0n) is 8.57. The Morgan fingerprint density at radius 1 is 1.12 bits per heavy atom. The molecule has 0 aliphatic heterocycles. The molecular weight excluding hydrogens is 208 g/mol. The van der Waals surface area contributed by atoms with Crippen LogP contribution in [0.1, 0.15) is 0 Å². The molecule has 0 saturated carbocycles. The number of hydrogen-bond donors (Lipinski definition) is 2. The highest BCUT2D eigenvalue weighted by molar-refractivity contribution is 5.49. The summed E-state index contributed by atoms with van der Waals surface area (Å²) in [4.78, 5) is 0. The number of nitrogens with zero attached hydrogens (tertiary/aromatic N) is 4. The predicted octanol–water partition coefficient (Wildman–Crippen LogP) is 2.25. The fraction of sp³-hybridized carbons (Fsp3) is 0.100. The lowest BCUT2D eigenvalue weighted by Crippen LogP contribution is -1.86.